The van der Waals surface area contributed by atoms with Crippen molar-refractivity contribution in [2.24, 2.45) is 0 Å². The van der Waals surface area contributed by atoms with Crippen molar-refractivity contribution in [1.82, 2.24) is 4.98 Å². The number of fused-ring (bicyclic) bond motifs is 1. The number of benzene rings is 2. The van der Waals surface area contributed by atoms with Crippen molar-refractivity contribution >= 4 is 40.3 Å². The van der Waals surface area contributed by atoms with Crippen LogP contribution in [0.2, 0.25) is 10.0 Å². The molecule has 6 heteroatoms. The largest absolute Gasteiger partial charge is 0.449 e. The van der Waals surface area contributed by atoms with E-state index < -0.39 is 5.97 Å². The number of aromatic nitrogens is 1. The van der Waals surface area contributed by atoms with E-state index in [1.807, 2.05) is 0 Å². The molecule has 0 atom stereocenters. The van der Waals surface area contributed by atoms with Crippen LogP contribution in [0.4, 0.5) is 0 Å². The number of terminal acetylenes is 1. The molecule has 0 saturated heterocycles. The van der Waals surface area contributed by atoms with Crippen molar-refractivity contribution in [3.63, 3.8) is 0 Å². The molecule has 0 amide bonds. The summed E-state index contributed by atoms with van der Waals surface area (Å²) in [6.07, 6.45) is 5.06. The van der Waals surface area contributed by atoms with Crippen LogP contribution in [0.3, 0.4) is 0 Å². The molecule has 0 aliphatic carbocycles. The van der Waals surface area contributed by atoms with E-state index in [0.717, 1.165) is 0 Å². The number of hydrogen-bond acceptors (Lipinski definition) is 4. The standard InChI is InChI=1S/C17H9Cl2NO3/c1-2-7-22-17(21)10-3-6-15-14(8-10)20-16(23-15)12-5-4-11(18)9-13(12)19/h1,3-6,8-9H,7H2. The normalized spacial score (nSPS) is 10.5. The smallest absolute Gasteiger partial charge is 0.339 e. The molecule has 0 saturated carbocycles. The van der Waals surface area contributed by atoms with E-state index in [4.69, 9.17) is 38.8 Å². The summed E-state index contributed by atoms with van der Waals surface area (Å²) < 4.78 is 10.5. The average molecular weight is 346 g/mol. The SMILES string of the molecule is C#CCOC(=O)c1ccc2oc(-c3ccc(Cl)cc3Cl)nc2c1. The first-order valence-electron chi connectivity index (χ1n) is 6.55. The van der Waals surface area contributed by atoms with E-state index in [1.165, 1.54) is 0 Å². The third-order valence-corrected chi connectivity index (χ3v) is 3.62. The van der Waals surface area contributed by atoms with E-state index >= 15 is 0 Å². The van der Waals surface area contributed by atoms with Crippen LogP contribution in [0.25, 0.3) is 22.6 Å². The van der Waals surface area contributed by atoms with E-state index in [-0.39, 0.29) is 6.61 Å². The van der Waals surface area contributed by atoms with Gasteiger partial charge in [0.15, 0.2) is 12.2 Å². The fraction of sp³-hybridized carbons (Fsp3) is 0.0588. The Morgan fingerprint density at radius 3 is 2.83 bits per heavy atom. The zero-order valence-electron chi connectivity index (χ0n) is 11.7. The van der Waals surface area contributed by atoms with Gasteiger partial charge in [-0.3, -0.25) is 0 Å². The lowest BCUT2D eigenvalue weighted by atomic mass is 10.2. The Bertz CT molecular complexity index is 941. The number of carbonyl (C=O) groups excluding carboxylic acids is 1. The van der Waals surface area contributed by atoms with Gasteiger partial charge in [0.05, 0.1) is 16.1 Å². The first-order valence-corrected chi connectivity index (χ1v) is 7.30. The molecule has 0 spiro atoms. The van der Waals surface area contributed by atoms with Crippen LogP contribution in [0.15, 0.2) is 40.8 Å². The van der Waals surface area contributed by atoms with Crippen molar-refractivity contribution in [3.05, 3.63) is 52.0 Å². The molecule has 1 heterocycles. The highest BCUT2D eigenvalue weighted by Crippen LogP contribution is 2.32. The fourth-order valence-electron chi connectivity index (χ4n) is 2.02. The molecular formula is C17H9Cl2NO3. The molecule has 23 heavy (non-hydrogen) atoms. The molecule has 114 valence electrons. The number of hydrogen-bond donors (Lipinski definition) is 0. The number of esters is 1. The van der Waals surface area contributed by atoms with Gasteiger partial charge in [-0.05, 0) is 36.4 Å². The lowest BCUT2D eigenvalue weighted by Crippen LogP contribution is -2.04. The second-order valence-corrected chi connectivity index (χ2v) is 5.45. The molecule has 4 nitrogen and oxygen atoms in total. The molecule has 0 fully saturated rings. The Morgan fingerprint density at radius 1 is 1.26 bits per heavy atom. The first-order chi connectivity index (χ1) is 11.1. The van der Waals surface area contributed by atoms with E-state index in [0.29, 0.717) is 38.2 Å². The molecule has 0 unspecified atom stereocenters. The van der Waals surface area contributed by atoms with Gasteiger partial charge in [0.1, 0.15) is 5.52 Å². The summed E-state index contributed by atoms with van der Waals surface area (Å²) in [7, 11) is 0. The fourth-order valence-corrected chi connectivity index (χ4v) is 2.51. The number of rotatable bonds is 3. The quantitative estimate of drug-likeness (QED) is 0.514. The molecular weight excluding hydrogens is 337 g/mol. The summed E-state index contributed by atoms with van der Waals surface area (Å²) in [5.41, 5.74) is 2.00. The highest BCUT2D eigenvalue weighted by molar-refractivity contribution is 6.36. The van der Waals surface area contributed by atoms with Crippen LogP contribution >= 0.6 is 23.2 Å². The first kappa shape index (κ1) is 15.4. The van der Waals surface area contributed by atoms with Gasteiger partial charge in [0.25, 0.3) is 0 Å². The molecule has 2 aromatic carbocycles. The Labute approximate surface area is 142 Å². The maximum absolute atomic E-state index is 11.8. The lowest BCUT2D eigenvalue weighted by molar-refractivity contribution is 0.0557. The second kappa shape index (κ2) is 6.33. The minimum Gasteiger partial charge on any atom is -0.449 e. The molecule has 0 N–H and O–H groups in total. The maximum atomic E-state index is 11.8. The second-order valence-electron chi connectivity index (χ2n) is 4.61. The summed E-state index contributed by atoms with van der Waals surface area (Å²) in [6.45, 7) is -0.0820. The van der Waals surface area contributed by atoms with E-state index in [2.05, 4.69) is 10.9 Å². The molecule has 3 aromatic rings. The van der Waals surface area contributed by atoms with Crippen LogP contribution in [0.5, 0.6) is 0 Å². The van der Waals surface area contributed by atoms with Gasteiger partial charge >= 0.3 is 5.97 Å². The van der Waals surface area contributed by atoms with Gasteiger partial charge in [-0.15, -0.1) is 6.42 Å². The number of oxazole rings is 1. The Hall–Kier alpha value is -2.48. The van der Waals surface area contributed by atoms with Crippen molar-refractivity contribution in [1.29, 1.82) is 0 Å². The van der Waals surface area contributed by atoms with Gasteiger partial charge in [-0.2, -0.15) is 0 Å². The topological polar surface area (TPSA) is 52.3 Å². The number of ether oxygens (including phenoxy) is 1. The molecule has 0 radical (unpaired) electrons. The lowest BCUT2D eigenvalue weighted by Gasteiger charge is -1.99. The van der Waals surface area contributed by atoms with Crippen molar-refractivity contribution in [2.45, 2.75) is 0 Å². The minimum atomic E-state index is -0.515. The van der Waals surface area contributed by atoms with Crippen molar-refractivity contribution in [2.75, 3.05) is 6.61 Å². The minimum absolute atomic E-state index is 0.0820. The summed E-state index contributed by atoms with van der Waals surface area (Å²) >= 11 is 12.0. The number of carbonyl (C=O) groups is 1. The van der Waals surface area contributed by atoms with E-state index in [9.17, 15) is 4.79 Å². The van der Waals surface area contributed by atoms with E-state index in [1.54, 1.807) is 36.4 Å². The summed E-state index contributed by atoms with van der Waals surface area (Å²) in [6, 6.07) is 9.82. The molecule has 0 bridgehead atoms. The van der Waals surface area contributed by atoms with Crippen LogP contribution in [0, 0.1) is 12.3 Å². The van der Waals surface area contributed by atoms with Gasteiger partial charge in [-0.1, -0.05) is 29.1 Å². The van der Waals surface area contributed by atoms with Crippen LogP contribution in [-0.4, -0.2) is 17.6 Å². The zero-order valence-corrected chi connectivity index (χ0v) is 13.2. The maximum Gasteiger partial charge on any atom is 0.339 e. The summed E-state index contributed by atoms with van der Waals surface area (Å²) in [5, 5.41) is 0.950. The highest BCUT2D eigenvalue weighted by atomic mass is 35.5. The summed E-state index contributed by atoms with van der Waals surface area (Å²) in [4.78, 5) is 16.2. The van der Waals surface area contributed by atoms with Gasteiger partial charge < -0.3 is 9.15 Å². The Morgan fingerprint density at radius 2 is 2.09 bits per heavy atom. The van der Waals surface area contributed by atoms with Gasteiger partial charge in [-0.25, -0.2) is 9.78 Å². The third kappa shape index (κ3) is 3.16. The molecule has 3 rings (SSSR count). The average Bonchev–Trinajstić information content (AvgIpc) is 2.95. The van der Waals surface area contributed by atoms with Crippen LogP contribution in [-0.2, 0) is 4.74 Å². The highest BCUT2D eigenvalue weighted by Gasteiger charge is 2.14. The molecule has 1 aromatic heterocycles. The van der Waals surface area contributed by atoms with Gasteiger partial charge in [0, 0.05) is 5.02 Å². The molecule has 0 aliphatic heterocycles. The third-order valence-electron chi connectivity index (χ3n) is 3.07. The Kier molecular flexibility index (Phi) is 4.24. The monoisotopic (exact) mass is 345 g/mol. The van der Waals surface area contributed by atoms with Crippen LogP contribution in [0.1, 0.15) is 10.4 Å². The Balaban J connectivity index is 1.99. The predicted octanol–water partition coefficient (Wildman–Crippen LogP) is 4.59. The predicted molar refractivity (Wildman–Crippen MR) is 88.6 cm³/mol. The molecule has 0 aliphatic rings. The number of nitrogens with zero attached hydrogens (tertiary/aromatic N) is 1. The van der Waals surface area contributed by atoms with Gasteiger partial charge in [0.2, 0.25) is 5.89 Å². The van der Waals surface area contributed by atoms with Crippen molar-refractivity contribution in [3.8, 4) is 23.8 Å². The number of halogens is 2. The van der Waals surface area contributed by atoms with Crippen LogP contribution < -0.4 is 0 Å². The van der Waals surface area contributed by atoms with Crippen molar-refractivity contribution < 1.29 is 13.9 Å². The summed E-state index contributed by atoms with van der Waals surface area (Å²) in [5.74, 6) is 2.07. The zero-order chi connectivity index (χ0) is 16.4.